The fraction of sp³-hybridized carbons (Fsp3) is 0.217. The second-order valence-electron chi connectivity index (χ2n) is 29.6. The number of phenolic OH excluding ortho intramolecular Hbond substituents is 24. The third kappa shape index (κ3) is 20.9. The summed E-state index contributed by atoms with van der Waals surface area (Å²) < 4.78 is 0. The van der Waals surface area contributed by atoms with E-state index >= 15 is 0 Å². The van der Waals surface area contributed by atoms with Crippen LogP contribution in [0.25, 0.3) is 0 Å². The first kappa shape index (κ1) is 82.8. The van der Waals surface area contributed by atoms with Gasteiger partial charge in [0.25, 0.3) is 0 Å². The van der Waals surface area contributed by atoms with E-state index in [9.17, 15) is 123 Å². The number of aryl methyl sites for hydroxylation is 10. The predicted octanol–water partition coefficient (Wildman–Crippen LogP) is 15.1. The largest absolute Gasteiger partial charge is 0.508 e. The standard InChI is InChI=1S/2C46H46O12/c2*47-35-13-6-25(17-39(35)51)1-11-32(15-26-2-7-30(37(49)18-26)9-4-28-20-41(53)45(57)42(54)21-28)34(33-12-14-36(48)40(52)24-33)16-27-3-8-31(38(50)19-27)10-5-29-22-43(55)46(58)44(56)23-29/h2*2-3,6-8,12-14,17-24,32,34,47-58H,1,4-5,9-11,15-16H2/t2*32-,34-/m10/s1. The first-order chi connectivity index (χ1) is 55.3. The lowest BCUT2D eigenvalue weighted by molar-refractivity contribution is 0.367. The van der Waals surface area contributed by atoms with E-state index in [1.807, 2.05) is 24.3 Å². The zero-order chi connectivity index (χ0) is 83.3. The van der Waals surface area contributed by atoms with E-state index in [0.29, 0.717) is 158 Å². The van der Waals surface area contributed by atoms with Gasteiger partial charge >= 0.3 is 0 Å². The average molecular weight is 1580 g/mol. The Hall–Kier alpha value is -14.2. The first-order valence-electron chi connectivity index (χ1n) is 37.5. The predicted molar refractivity (Wildman–Crippen MR) is 431 cm³/mol. The van der Waals surface area contributed by atoms with Gasteiger partial charge in [0.05, 0.1) is 0 Å². The molecule has 24 N–H and O–H groups in total. The number of benzene rings is 12. The van der Waals surface area contributed by atoms with Crippen LogP contribution in [0.2, 0.25) is 0 Å². The molecule has 0 aliphatic heterocycles. The minimum absolute atomic E-state index is 0.0337. The molecule has 0 bridgehead atoms. The highest BCUT2D eigenvalue weighted by atomic mass is 16.4. The van der Waals surface area contributed by atoms with Crippen LogP contribution in [0.1, 0.15) is 114 Å². The quantitative estimate of drug-likeness (QED) is 0.0186. The lowest BCUT2D eigenvalue weighted by atomic mass is 9.75. The zero-order valence-electron chi connectivity index (χ0n) is 62.8. The summed E-state index contributed by atoms with van der Waals surface area (Å²) in [7, 11) is 0. The molecule has 0 saturated carbocycles. The lowest BCUT2D eigenvalue weighted by Crippen LogP contribution is -2.19. The van der Waals surface area contributed by atoms with Gasteiger partial charge in [-0.05, 0) is 337 Å². The van der Waals surface area contributed by atoms with Gasteiger partial charge < -0.3 is 123 Å². The fourth-order valence-corrected chi connectivity index (χ4v) is 14.9. The maximum Gasteiger partial charge on any atom is 0.200 e. The summed E-state index contributed by atoms with van der Waals surface area (Å²) in [5, 5.41) is 245. The van der Waals surface area contributed by atoms with Crippen molar-refractivity contribution in [2.24, 2.45) is 11.8 Å². The molecule has 0 heterocycles. The van der Waals surface area contributed by atoms with Crippen molar-refractivity contribution in [2.45, 2.75) is 115 Å². The van der Waals surface area contributed by atoms with Crippen molar-refractivity contribution < 1.29 is 123 Å². The van der Waals surface area contributed by atoms with Crippen molar-refractivity contribution in [1.82, 2.24) is 0 Å². The van der Waals surface area contributed by atoms with Crippen molar-refractivity contribution >= 4 is 0 Å². The van der Waals surface area contributed by atoms with E-state index in [4.69, 9.17) is 0 Å². The van der Waals surface area contributed by atoms with Crippen LogP contribution in [0.5, 0.6) is 138 Å². The van der Waals surface area contributed by atoms with Gasteiger partial charge in [0.2, 0.25) is 0 Å². The van der Waals surface area contributed by atoms with E-state index < -0.39 is 69.0 Å². The SMILES string of the molecule is Oc1ccc(CC[C@@H](Cc2ccc(CCc3cc(O)c(O)c(O)c3)c(O)c2)[C@H](Cc2ccc(CCc3cc(O)c(O)c(O)c3)c(O)c2)c2ccc(O)c(O)c2)cc1O.Oc1ccc(CC[C@H](Cc2ccc(CCc3cc(O)c(O)c(O)c3)c(O)c2)[C@@H](Cc2ccc(CCc3cc(O)c(O)c(O)c3)c(O)c2)c2ccc(O)c(O)c2)cc1O. The van der Waals surface area contributed by atoms with E-state index in [0.717, 1.165) is 33.4 Å². The van der Waals surface area contributed by atoms with Gasteiger partial charge in [-0.3, -0.25) is 0 Å². The minimum Gasteiger partial charge on any atom is -0.508 e. The summed E-state index contributed by atoms with van der Waals surface area (Å²) in [6.45, 7) is 0. The molecular weight excluding hydrogens is 1490 g/mol. The van der Waals surface area contributed by atoms with E-state index in [1.165, 1.54) is 97.1 Å². The molecule has 0 unspecified atom stereocenters. The van der Waals surface area contributed by atoms with E-state index in [-0.39, 0.29) is 92.7 Å². The molecule has 604 valence electrons. The highest BCUT2D eigenvalue weighted by molar-refractivity contribution is 5.56. The smallest absolute Gasteiger partial charge is 0.200 e. The van der Waals surface area contributed by atoms with Crippen LogP contribution in [0, 0.1) is 11.8 Å². The molecule has 0 aliphatic rings. The van der Waals surface area contributed by atoms with Gasteiger partial charge in [-0.15, -0.1) is 0 Å². The normalized spacial score (nSPS) is 12.3. The average Bonchev–Trinajstić information content (AvgIpc) is 0.914. The monoisotopic (exact) mass is 1580 g/mol. The molecular formula is C92H92O24. The van der Waals surface area contributed by atoms with Gasteiger partial charge in [0.15, 0.2) is 115 Å². The topological polar surface area (TPSA) is 486 Å². The van der Waals surface area contributed by atoms with Crippen LogP contribution >= 0.6 is 0 Å². The summed E-state index contributed by atoms with van der Waals surface area (Å²) in [6, 6.07) is 50.9. The second kappa shape index (κ2) is 36.5. The van der Waals surface area contributed by atoms with Crippen molar-refractivity contribution in [3.8, 4) is 138 Å². The van der Waals surface area contributed by atoms with Crippen LogP contribution in [-0.4, -0.2) is 123 Å². The molecule has 116 heavy (non-hydrogen) atoms. The van der Waals surface area contributed by atoms with Crippen LogP contribution < -0.4 is 0 Å². The molecule has 12 aromatic rings. The molecule has 12 aromatic carbocycles. The zero-order valence-corrected chi connectivity index (χ0v) is 62.8. The molecule has 24 heteroatoms. The molecule has 0 aromatic heterocycles. The van der Waals surface area contributed by atoms with Crippen molar-refractivity contribution in [2.75, 3.05) is 0 Å². The molecule has 0 radical (unpaired) electrons. The fourth-order valence-electron chi connectivity index (χ4n) is 14.9. The van der Waals surface area contributed by atoms with Gasteiger partial charge in [-0.25, -0.2) is 0 Å². The highest BCUT2D eigenvalue weighted by Crippen LogP contribution is 2.46. The molecule has 0 spiro atoms. The Morgan fingerprint density at radius 3 is 0.595 bits per heavy atom. The maximum absolute atomic E-state index is 11.2. The molecule has 0 fully saturated rings. The van der Waals surface area contributed by atoms with Crippen molar-refractivity contribution in [3.05, 3.63) is 283 Å². The maximum atomic E-state index is 11.2. The summed E-state index contributed by atoms with van der Waals surface area (Å²) in [5.74, 6) is -8.97. The second-order valence-corrected chi connectivity index (χ2v) is 29.6. The minimum atomic E-state index is -0.604. The summed E-state index contributed by atoms with van der Waals surface area (Å²) in [5.41, 5.74) is 10.9. The Morgan fingerprint density at radius 1 is 0.155 bits per heavy atom. The lowest BCUT2D eigenvalue weighted by Gasteiger charge is -2.29. The first-order valence-corrected chi connectivity index (χ1v) is 37.5. The number of rotatable bonds is 30. The molecule has 12 rings (SSSR count). The molecule has 0 amide bonds. The third-order valence-corrected chi connectivity index (χ3v) is 21.4. The van der Waals surface area contributed by atoms with Crippen LogP contribution in [-0.2, 0) is 89.9 Å². The van der Waals surface area contributed by atoms with E-state index in [2.05, 4.69) is 0 Å². The van der Waals surface area contributed by atoms with Gasteiger partial charge in [-0.1, -0.05) is 72.8 Å². The Morgan fingerprint density at radius 2 is 0.362 bits per heavy atom. The summed E-state index contributed by atoms with van der Waals surface area (Å²) >= 11 is 0. The Bertz CT molecular complexity index is 5090. The molecule has 0 saturated heterocycles. The van der Waals surface area contributed by atoms with Crippen molar-refractivity contribution in [3.63, 3.8) is 0 Å². The van der Waals surface area contributed by atoms with E-state index in [1.54, 1.807) is 72.8 Å². The molecule has 0 aliphatic carbocycles. The Labute approximate surface area is 666 Å². The third-order valence-electron chi connectivity index (χ3n) is 21.4. The Balaban J connectivity index is 0.000000228. The number of hydrogen-bond donors (Lipinski definition) is 24. The number of aromatic hydroxyl groups is 24. The number of phenols is 24. The van der Waals surface area contributed by atoms with Gasteiger partial charge in [0.1, 0.15) is 23.0 Å². The summed E-state index contributed by atoms with van der Waals surface area (Å²) in [6.07, 6.45) is 6.64. The van der Waals surface area contributed by atoms with Crippen LogP contribution in [0.15, 0.2) is 194 Å². The molecule has 24 nitrogen and oxygen atoms in total. The Kier molecular flexibility index (Phi) is 26.1. The summed E-state index contributed by atoms with van der Waals surface area (Å²) in [4.78, 5) is 0. The van der Waals surface area contributed by atoms with Gasteiger partial charge in [0, 0.05) is 0 Å². The van der Waals surface area contributed by atoms with Crippen LogP contribution in [0.3, 0.4) is 0 Å². The van der Waals surface area contributed by atoms with Gasteiger partial charge in [-0.2, -0.15) is 0 Å². The molecule has 4 atom stereocenters. The number of hydrogen-bond acceptors (Lipinski definition) is 24. The highest BCUT2D eigenvalue weighted by Gasteiger charge is 2.30. The van der Waals surface area contributed by atoms with Crippen molar-refractivity contribution in [1.29, 1.82) is 0 Å². The van der Waals surface area contributed by atoms with Crippen LogP contribution in [0.4, 0.5) is 0 Å².